The number of aliphatic hydroxyl groups excluding tert-OH is 1. The van der Waals surface area contributed by atoms with Crippen molar-refractivity contribution in [1.29, 1.82) is 0 Å². The molecule has 23 heavy (non-hydrogen) atoms. The van der Waals surface area contributed by atoms with Gasteiger partial charge in [0.1, 0.15) is 5.82 Å². The van der Waals surface area contributed by atoms with Gasteiger partial charge in [-0.2, -0.15) is 4.98 Å². The van der Waals surface area contributed by atoms with Gasteiger partial charge in [-0.15, -0.1) is 0 Å². The monoisotopic (exact) mass is 317 g/mol. The van der Waals surface area contributed by atoms with Crippen molar-refractivity contribution in [3.63, 3.8) is 0 Å². The lowest BCUT2D eigenvalue weighted by Gasteiger charge is -2.23. The van der Waals surface area contributed by atoms with E-state index in [9.17, 15) is 4.79 Å². The van der Waals surface area contributed by atoms with Gasteiger partial charge in [-0.25, -0.2) is 4.79 Å². The fourth-order valence-electron chi connectivity index (χ4n) is 2.82. The van der Waals surface area contributed by atoms with Crippen LogP contribution in [0.3, 0.4) is 0 Å². The summed E-state index contributed by atoms with van der Waals surface area (Å²) < 4.78 is 12.4. The van der Waals surface area contributed by atoms with Gasteiger partial charge in [0.2, 0.25) is 0 Å². The number of ether oxygens (including phenoxy) is 2. The Hall–Kier alpha value is -2.54. The molecule has 1 aliphatic rings. The summed E-state index contributed by atoms with van der Waals surface area (Å²) in [5.41, 5.74) is 2.51. The molecule has 2 N–H and O–H groups in total. The fourth-order valence-corrected chi connectivity index (χ4v) is 2.82. The third-order valence-corrected chi connectivity index (χ3v) is 3.92. The quantitative estimate of drug-likeness (QED) is 0.852. The molecule has 0 saturated carbocycles. The second-order valence-electron chi connectivity index (χ2n) is 5.23. The summed E-state index contributed by atoms with van der Waals surface area (Å²) in [5.74, 6) is 1.75. The molecule has 2 aromatic rings. The molecule has 122 valence electrons. The van der Waals surface area contributed by atoms with E-state index >= 15 is 0 Å². The molecule has 1 aromatic carbocycles. The van der Waals surface area contributed by atoms with Crippen molar-refractivity contribution in [3.05, 3.63) is 34.2 Å². The molecule has 7 heteroatoms. The van der Waals surface area contributed by atoms with Crippen LogP contribution in [0.25, 0.3) is 11.3 Å². The molecule has 0 amide bonds. The largest absolute Gasteiger partial charge is 0.493 e. The maximum atomic E-state index is 12.2. The first-order valence-corrected chi connectivity index (χ1v) is 7.39. The van der Waals surface area contributed by atoms with Gasteiger partial charge in [0.15, 0.2) is 11.5 Å². The number of aliphatic hydroxyl groups is 1. The lowest BCUT2D eigenvalue weighted by atomic mass is 9.97. The van der Waals surface area contributed by atoms with E-state index < -0.39 is 0 Å². The van der Waals surface area contributed by atoms with Crippen LogP contribution in [0.4, 0.5) is 5.82 Å². The standard InChI is InChI=1S/C16H19N3O4/c1-22-13-7-10-3-5-19-12(11(10)8-14(13)23-2)9-15(17-4-6-20)18-16(19)21/h7-9,20H,3-6H2,1-2H3,(H,17,18,21). The minimum atomic E-state index is -0.302. The van der Waals surface area contributed by atoms with Crippen molar-refractivity contribution in [2.75, 3.05) is 32.7 Å². The van der Waals surface area contributed by atoms with Gasteiger partial charge in [-0.1, -0.05) is 0 Å². The van der Waals surface area contributed by atoms with Crippen molar-refractivity contribution in [1.82, 2.24) is 9.55 Å². The molecule has 0 atom stereocenters. The van der Waals surface area contributed by atoms with Crippen LogP contribution in [-0.2, 0) is 13.0 Å². The van der Waals surface area contributed by atoms with Crippen LogP contribution in [0.15, 0.2) is 23.0 Å². The van der Waals surface area contributed by atoms with E-state index in [1.807, 2.05) is 18.2 Å². The van der Waals surface area contributed by atoms with E-state index in [0.717, 1.165) is 23.2 Å². The number of rotatable bonds is 5. The number of fused-ring (bicyclic) bond motifs is 3. The minimum Gasteiger partial charge on any atom is -0.493 e. The van der Waals surface area contributed by atoms with Crippen LogP contribution in [-0.4, -0.2) is 42.0 Å². The third kappa shape index (κ3) is 2.75. The lowest BCUT2D eigenvalue weighted by molar-refractivity contribution is 0.311. The molecular formula is C16H19N3O4. The molecule has 0 unspecified atom stereocenters. The van der Waals surface area contributed by atoms with Gasteiger partial charge in [0.25, 0.3) is 0 Å². The molecular weight excluding hydrogens is 298 g/mol. The van der Waals surface area contributed by atoms with Crippen LogP contribution in [0, 0.1) is 0 Å². The minimum absolute atomic E-state index is 0.0261. The number of hydrogen-bond acceptors (Lipinski definition) is 6. The highest BCUT2D eigenvalue weighted by Crippen LogP contribution is 2.38. The molecule has 0 saturated heterocycles. The Morgan fingerprint density at radius 1 is 1.26 bits per heavy atom. The molecule has 0 spiro atoms. The number of hydrogen-bond donors (Lipinski definition) is 2. The highest BCUT2D eigenvalue weighted by atomic mass is 16.5. The third-order valence-electron chi connectivity index (χ3n) is 3.92. The van der Waals surface area contributed by atoms with Crippen LogP contribution in [0.1, 0.15) is 5.56 Å². The van der Waals surface area contributed by atoms with E-state index in [2.05, 4.69) is 10.3 Å². The Morgan fingerprint density at radius 3 is 2.70 bits per heavy atom. The second kappa shape index (κ2) is 6.29. The first-order chi connectivity index (χ1) is 11.2. The zero-order valence-corrected chi connectivity index (χ0v) is 13.1. The molecule has 0 fully saturated rings. The predicted octanol–water partition coefficient (Wildman–Crippen LogP) is 0.888. The van der Waals surface area contributed by atoms with Crippen LogP contribution < -0.4 is 20.5 Å². The summed E-state index contributed by atoms with van der Waals surface area (Å²) >= 11 is 0. The number of benzene rings is 1. The molecule has 7 nitrogen and oxygen atoms in total. The van der Waals surface area contributed by atoms with Crippen molar-refractivity contribution >= 4 is 5.82 Å². The van der Waals surface area contributed by atoms with Crippen molar-refractivity contribution < 1.29 is 14.6 Å². The van der Waals surface area contributed by atoms with Gasteiger partial charge >= 0.3 is 5.69 Å². The summed E-state index contributed by atoms with van der Waals surface area (Å²) in [6.07, 6.45) is 0.730. The topological polar surface area (TPSA) is 85.6 Å². The summed E-state index contributed by atoms with van der Waals surface area (Å²) in [4.78, 5) is 16.2. The smallest absolute Gasteiger partial charge is 0.349 e. The van der Waals surface area contributed by atoms with Gasteiger partial charge in [-0.3, -0.25) is 4.57 Å². The SMILES string of the molecule is COc1cc2c(cc1OC)-c1cc(NCCO)nc(=O)n1CC2. The molecule has 2 heterocycles. The van der Waals surface area contributed by atoms with Gasteiger partial charge in [0, 0.05) is 24.7 Å². The first-order valence-electron chi connectivity index (χ1n) is 7.39. The van der Waals surface area contributed by atoms with E-state index in [0.29, 0.717) is 30.4 Å². The first kappa shape index (κ1) is 15.4. The van der Waals surface area contributed by atoms with Crippen molar-refractivity contribution in [3.8, 4) is 22.8 Å². The number of nitrogens with zero attached hydrogens (tertiary/aromatic N) is 2. The molecule has 0 radical (unpaired) electrons. The molecule has 1 aliphatic heterocycles. The van der Waals surface area contributed by atoms with Crippen molar-refractivity contribution in [2.24, 2.45) is 0 Å². The van der Waals surface area contributed by atoms with Gasteiger partial charge in [-0.05, 0) is 24.1 Å². The maximum absolute atomic E-state index is 12.2. The van der Waals surface area contributed by atoms with Crippen LogP contribution >= 0.6 is 0 Å². The fraction of sp³-hybridized carbons (Fsp3) is 0.375. The Morgan fingerprint density at radius 2 is 2.00 bits per heavy atom. The van der Waals surface area contributed by atoms with E-state index in [1.165, 1.54) is 0 Å². The average Bonchev–Trinajstić information content (AvgIpc) is 2.58. The summed E-state index contributed by atoms with van der Waals surface area (Å²) in [6, 6.07) is 5.65. The predicted molar refractivity (Wildman–Crippen MR) is 86.3 cm³/mol. The average molecular weight is 317 g/mol. The van der Waals surface area contributed by atoms with E-state index in [-0.39, 0.29) is 12.3 Å². The summed E-state index contributed by atoms with van der Waals surface area (Å²) in [6.45, 7) is 0.889. The molecule has 0 aliphatic carbocycles. The highest BCUT2D eigenvalue weighted by molar-refractivity contribution is 5.71. The zero-order valence-electron chi connectivity index (χ0n) is 13.1. The Balaban J connectivity index is 2.15. The number of anilines is 1. The number of nitrogens with one attached hydrogen (secondary N) is 1. The van der Waals surface area contributed by atoms with E-state index in [1.54, 1.807) is 18.8 Å². The number of aromatic nitrogens is 2. The van der Waals surface area contributed by atoms with E-state index in [4.69, 9.17) is 14.6 Å². The maximum Gasteiger partial charge on any atom is 0.349 e. The normalized spacial score (nSPS) is 12.3. The molecule has 0 bridgehead atoms. The van der Waals surface area contributed by atoms with Gasteiger partial charge < -0.3 is 19.9 Å². The van der Waals surface area contributed by atoms with Crippen LogP contribution in [0.2, 0.25) is 0 Å². The number of aryl methyl sites for hydroxylation is 1. The number of methoxy groups -OCH3 is 2. The molecule has 1 aromatic heterocycles. The highest BCUT2D eigenvalue weighted by Gasteiger charge is 2.21. The van der Waals surface area contributed by atoms with Crippen LogP contribution in [0.5, 0.6) is 11.5 Å². The summed E-state index contributed by atoms with van der Waals surface area (Å²) in [7, 11) is 3.19. The van der Waals surface area contributed by atoms with Gasteiger partial charge in [0.05, 0.1) is 26.5 Å². The Kier molecular flexibility index (Phi) is 4.20. The second-order valence-corrected chi connectivity index (χ2v) is 5.23. The van der Waals surface area contributed by atoms with Crippen molar-refractivity contribution in [2.45, 2.75) is 13.0 Å². The lowest BCUT2D eigenvalue weighted by Crippen LogP contribution is -2.29. The molecule has 3 rings (SSSR count). The summed E-state index contributed by atoms with van der Waals surface area (Å²) in [5, 5.41) is 11.9. The Bertz CT molecular complexity index is 786. The zero-order chi connectivity index (χ0) is 16.4. The Labute approximate surface area is 133 Å².